The SMILES string of the molecule is CCCCCCN1C(=O)/C(=C\c2c(C)c(C#N)c(=O)n(CCCC)c2N2CCN(c3ccc(F)cc3)CC2)SC1=S. The van der Waals surface area contributed by atoms with Crippen LogP contribution in [0.5, 0.6) is 0 Å². The van der Waals surface area contributed by atoms with E-state index in [2.05, 4.69) is 29.7 Å². The summed E-state index contributed by atoms with van der Waals surface area (Å²) in [5, 5.41) is 9.96. The van der Waals surface area contributed by atoms with Crippen molar-refractivity contribution in [2.24, 2.45) is 0 Å². The van der Waals surface area contributed by atoms with E-state index in [1.165, 1.54) is 23.9 Å². The van der Waals surface area contributed by atoms with Crippen LogP contribution < -0.4 is 15.4 Å². The van der Waals surface area contributed by atoms with Gasteiger partial charge in [-0.25, -0.2) is 4.39 Å². The lowest BCUT2D eigenvalue weighted by atomic mass is 10.0. The van der Waals surface area contributed by atoms with Gasteiger partial charge < -0.3 is 9.80 Å². The zero-order chi connectivity index (χ0) is 29.5. The van der Waals surface area contributed by atoms with Crippen molar-refractivity contribution in [3.8, 4) is 6.07 Å². The molecule has 0 bridgehead atoms. The third-order valence-electron chi connectivity index (χ3n) is 7.74. The Hall–Kier alpha value is -3.16. The summed E-state index contributed by atoms with van der Waals surface area (Å²) in [5.41, 5.74) is 2.06. The number of thioether (sulfide) groups is 1. The topological polar surface area (TPSA) is 72.6 Å². The molecule has 2 aliphatic heterocycles. The second-order valence-electron chi connectivity index (χ2n) is 10.5. The minimum atomic E-state index is -0.296. The lowest BCUT2D eigenvalue weighted by Crippen LogP contribution is -2.48. The Morgan fingerprint density at radius 3 is 2.27 bits per heavy atom. The molecule has 2 saturated heterocycles. The molecule has 41 heavy (non-hydrogen) atoms. The first kappa shape index (κ1) is 30.8. The van der Waals surface area contributed by atoms with Crippen LogP contribution in [0.4, 0.5) is 15.9 Å². The van der Waals surface area contributed by atoms with Gasteiger partial charge in [-0.1, -0.05) is 63.5 Å². The van der Waals surface area contributed by atoms with E-state index in [1.807, 2.05) is 6.08 Å². The fourth-order valence-electron chi connectivity index (χ4n) is 5.36. The fourth-order valence-corrected chi connectivity index (χ4v) is 6.65. The van der Waals surface area contributed by atoms with Crippen LogP contribution in [-0.2, 0) is 11.3 Å². The van der Waals surface area contributed by atoms with Gasteiger partial charge >= 0.3 is 0 Å². The maximum atomic E-state index is 13.6. The number of nitriles is 1. The largest absolute Gasteiger partial charge is 0.368 e. The van der Waals surface area contributed by atoms with E-state index in [-0.39, 0.29) is 22.8 Å². The van der Waals surface area contributed by atoms with E-state index in [9.17, 15) is 19.2 Å². The average Bonchev–Trinajstić information content (AvgIpc) is 3.24. The number of anilines is 2. The molecule has 0 unspecified atom stereocenters. The van der Waals surface area contributed by atoms with Gasteiger partial charge in [0.2, 0.25) is 0 Å². The van der Waals surface area contributed by atoms with Gasteiger partial charge in [-0.3, -0.25) is 19.1 Å². The van der Waals surface area contributed by atoms with Gasteiger partial charge in [0.15, 0.2) is 0 Å². The maximum absolute atomic E-state index is 13.6. The van der Waals surface area contributed by atoms with E-state index in [0.717, 1.165) is 55.6 Å². The Morgan fingerprint density at radius 1 is 0.976 bits per heavy atom. The first-order valence-electron chi connectivity index (χ1n) is 14.5. The summed E-state index contributed by atoms with van der Waals surface area (Å²) in [5.74, 6) is 0.358. The fraction of sp³-hybridized carbons (Fsp3) is 0.484. The van der Waals surface area contributed by atoms with Crippen LogP contribution in [0.2, 0.25) is 0 Å². The Kier molecular flexibility index (Phi) is 10.6. The molecule has 0 radical (unpaired) electrons. The number of carbonyl (C=O) groups is 1. The number of aromatic nitrogens is 1. The third-order valence-corrected chi connectivity index (χ3v) is 9.11. The van der Waals surface area contributed by atoms with Crippen LogP contribution in [0.15, 0.2) is 34.0 Å². The van der Waals surface area contributed by atoms with E-state index >= 15 is 0 Å². The molecule has 7 nitrogen and oxygen atoms in total. The molecule has 0 atom stereocenters. The number of pyridine rings is 1. The summed E-state index contributed by atoms with van der Waals surface area (Å²) in [7, 11) is 0. The van der Waals surface area contributed by atoms with Crippen LogP contribution in [0.1, 0.15) is 69.1 Å². The summed E-state index contributed by atoms with van der Waals surface area (Å²) in [4.78, 5) is 33.6. The first-order valence-corrected chi connectivity index (χ1v) is 15.7. The lowest BCUT2D eigenvalue weighted by Gasteiger charge is -2.39. The molecule has 3 heterocycles. The van der Waals surface area contributed by atoms with Crippen molar-refractivity contribution in [2.75, 3.05) is 42.5 Å². The molecule has 2 aliphatic rings. The molecular formula is C31H38FN5O2S2. The number of hydrogen-bond acceptors (Lipinski definition) is 7. The van der Waals surface area contributed by atoms with Gasteiger partial charge in [0, 0.05) is 50.5 Å². The number of halogens is 1. The summed E-state index contributed by atoms with van der Waals surface area (Å²) in [6.07, 6.45) is 7.71. The maximum Gasteiger partial charge on any atom is 0.270 e. The zero-order valence-electron chi connectivity index (χ0n) is 24.1. The summed E-state index contributed by atoms with van der Waals surface area (Å²) >= 11 is 6.87. The molecule has 0 aliphatic carbocycles. The van der Waals surface area contributed by atoms with Gasteiger partial charge in [0.25, 0.3) is 11.5 Å². The van der Waals surface area contributed by atoms with Crippen molar-refractivity contribution in [2.45, 2.75) is 65.8 Å². The molecule has 0 spiro atoms. The number of thiocarbonyl (C=S) groups is 1. The second kappa shape index (κ2) is 14.1. The molecule has 10 heteroatoms. The molecule has 4 rings (SSSR count). The van der Waals surface area contributed by atoms with Crippen molar-refractivity contribution in [1.29, 1.82) is 5.26 Å². The molecule has 2 aromatic rings. The van der Waals surface area contributed by atoms with Crippen LogP contribution in [0.25, 0.3) is 6.08 Å². The number of nitrogens with zero attached hydrogens (tertiary/aromatic N) is 5. The van der Waals surface area contributed by atoms with E-state index in [1.54, 1.807) is 28.5 Å². The molecule has 1 aromatic heterocycles. The van der Waals surface area contributed by atoms with Crippen molar-refractivity contribution in [1.82, 2.24) is 9.47 Å². The van der Waals surface area contributed by atoms with Crippen molar-refractivity contribution < 1.29 is 9.18 Å². The highest BCUT2D eigenvalue weighted by Crippen LogP contribution is 2.36. The van der Waals surface area contributed by atoms with Gasteiger partial charge in [0.1, 0.15) is 27.6 Å². The molecule has 2 fully saturated rings. The minimum absolute atomic E-state index is 0.107. The highest BCUT2D eigenvalue weighted by atomic mass is 32.2. The van der Waals surface area contributed by atoms with E-state index in [0.29, 0.717) is 54.1 Å². The Balaban J connectivity index is 1.72. The van der Waals surface area contributed by atoms with Crippen molar-refractivity contribution >= 4 is 51.8 Å². The summed E-state index contributed by atoms with van der Waals surface area (Å²) in [6.45, 7) is 9.73. The molecule has 218 valence electrons. The highest BCUT2D eigenvalue weighted by Gasteiger charge is 2.33. The average molecular weight is 596 g/mol. The summed E-state index contributed by atoms with van der Waals surface area (Å²) in [6, 6.07) is 8.62. The third kappa shape index (κ3) is 6.84. The predicted molar refractivity (Wildman–Crippen MR) is 170 cm³/mol. The van der Waals surface area contributed by atoms with Crippen LogP contribution in [0.3, 0.4) is 0 Å². The normalized spacial score (nSPS) is 16.7. The van der Waals surface area contributed by atoms with Gasteiger partial charge in [-0.15, -0.1) is 0 Å². The van der Waals surface area contributed by atoms with Crippen LogP contribution in [0, 0.1) is 24.1 Å². The van der Waals surface area contributed by atoms with Crippen molar-refractivity contribution in [3.63, 3.8) is 0 Å². The molecule has 0 saturated carbocycles. The number of unbranched alkanes of at least 4 members (excludes halogenated alkanes) is 4. The zero-order valence-corrected chi connectivity index (χ0v) is 25.8. The lowest BCUT2D eigenvalue weighted by molar-refractivity contribution is -0.122. The predicted octanol–water partition coefficient (Wildman–Crippen LogP) is 6.08. The number of amides is 1. The molecule has 1 aromatic carbocycles. The number of carbonyl (C=O) groups excluding carboxylic acids is 1. The number of rotatable bonds is 11. The Labute approximate surface area is 251 Å². The minimum Gasteiger partial charge on any atom is -0.368 e. The standard InChI is InChI=1S/C31H38FN5O2S2/c1-4-6-8-9-15-37-30(39)27(41-31(37)40)20-25-22(3)26(21-33)29(38)36(14-7-5-2)28(25)35-18-16-34(17-19-35)24-12-10-23(32)11-13-24/h10-13,20H,4-9,14-19H2,1-3H3/b27-20+. The van der Waals surface area contributed by atoms with Crippen LogP contribution in [-0.4, -0.2) is 52.4 Å². The molecular weight excluding hydrogens is 558 g/mol. The Bertz CT molecular complexity index is 1410. The van der Waals surface area contributed by atoms with E-state index < -0.39 is 0 Å². The second-order valence-corrected chi connectivity index (χ2v) is 12.2. The quantitative estimate of drug-likeness (QED) is 0.177. The first-order chi connectivity index (χ1) is 19.8. The van der Waals surface area contributed by atoms with Gasteiger partial charge in [-0.05, 0) is 55.7 Å². The van der Waals surface area contributed by atoms with Crippen LogP contribution >= 0.6 is 24.0 Å². The van der Waals surface area contributed by atoms with E-state index in [4.69, 9.17) is 12.2 Å². The number of hydrogen-bond donors (Lipinski definition) is 0. The number of benzene rings is 1. The summed E-state index contributed by atoms with van der Waals surface area (Å²) < 4.78 is 15.7. The molecule has 1 amide bonds. The van der Waals surface area contributed by atoms with Gasteiger partial charge in [-0.2, -0.15) is 5.26 Å². The highest BCUT2D eigenvalue weighted by molar-refractivity contribution is 8.26. The Morgan fingerprint density at radius 2 is 1.63 bits per heavy atom. The smallest absolute Gasteiger partial charge is 0.270 e. The number of piperazine rings is 1. The van der Waals surface area contributed by atoms with Crippen molar-refractivity contribution in [3.05, 3.63) is 62.0 Å². The van der Waals surface area contributed by atoms with Gasteiger partial charge in [0.05, 0.1) is 4.91 Å². The monoisotopic (exact) mass is 595 g/mol. The molecule has 0 N–H and O–H groups in total.